The largest absolute Gasteiger partial charge is 0.421 e. The first-order chi connectivity index (χ1) is 6.54. The lowest BCUT2D eigenvalue weighted by molar-refractivity contribution is -0.134. The van der Waals surface area contributed by atoms with Crippen molar-refractivity contribution < 1.29 is 9.53 Å². The number of esters is 1. The van der Waals surface area contributed by atoms with Gasteiger partial charge < -0.3 is 4.74 Å². The molecule has 0 aliphatic carbocycles. The van der Waals surface area contributed by atoms with Crippen molar-refractivity contribution in [2.24, 2.45) is 0 Å². The summed E-state index contributed by atoms with van der Waals surface area (Å²) in [5.74, 6) is 0.468. The zero-order valence-electron chi connectivity index (χ0n) is 8.30. The maximum absolute atomic E-state index is 11.0. The van der Waals surface area contributed by atoms with E-state index in [-0.39, 0.29) is 16.9 Å². The number of nitrogens with zero attached hydrogens (tertiary/aromatic N) is 2. The van der Waals surface area contributed by atoms with Gasteiger partial charge in [-0.1, -0.05) is 18.5 Å². The number of halogens is 1. The zero-order valence-corrected chi connectivity index (χ0v) is 9.05. The van der Waals surface area contributed by atoms with Crippen molar-refractivity contribution in [3.63, 3.8) is 0 Å². The molecule has 0 aromatic carbocycles. The Morgan fingerprint density at radius 3 is 2.57 bits per heavy atom. The fourth-order valence-corrected chi connectivity index (χ4v) is 1.26. The van der Waals surface area contributed by atoms with Gasteiger partial charge in [0, 0.05) is 6.42 Å². The molecule has 0 amide bonds. The Morgan fingerprint density at radius 2 is 2.07 bits per heavy atom. The average molecular weight is 215 g/mol. The Labute approximate surface area is 87.3 Å². The van der Waals surface area contributed by atoms with Crippen molar-refractivity contribution in [3.8, 4) is 5.75 Å². The van der Waals surface area contributed by atoms with E-state index in [1.807, 2.05) is 0 Å². The first-order valence-electron chi connectivity index (χ1n) is 4.26. The maximum atomic E-state index is 11.0. The molecule has 1 heterocycles. The number of carbonyl (C=O) groups excluding carboxylic acids is 1. The highest BCUT2D eigenvalue weighted by molar-refractivity contribution is 6.31. The molecule has 5 heteroatoms. The summed E-state index contributed by atoms with van der Waals surface area (Å²) in [7, 11) is 0. The molecule has 1 aromatic heterocycles. The molecule has 0 saturated heterocycles. The summed E-state index contributed by atoms with van der Waals surface area (Å²) in [6, 6.07) is 0. The van der Waals surface area contributed by atoms with Crippen LogP contribution in [0.2, 0.25) is 5.15 Å². The molecule has 0 fully saturated rings. The quantitative estimate of drug-likeness (QED) is 0.559. The van der Waals surface area contributed by atoms with Gasteiger partial charge >= 0.3 is 5.97 Å². The first-order valence-corrected chi connectivity index (χ1v) is 4.63. The summed E-state index contributed by atoms with van der Waals surface area (Å²) >= 11 is 5.81. The van der Waals surface area contributed by atoms with E-state index < -0.39 is 0 Å². The fourth-order valence-electron chi connectivity index (χ4n) is 0.963. The van der Waals surface area contributed by atoms with Crippen LogP contribution in [-0.2, 0) is 4.79 Å². The number of hydrogen-bond acceptors (Lipinski definition) is 4. The summed E-state index contributed by atoms with van der Waals surface area (Å²) in [5, 5.41) is 0.178. The van der Waals surface area contributed by atoms with Gasteiger partial charge in [-0.3, -0.25) is 4.79 Å². The smallest absolute Gasteiger partial charge is 0.311 e. The van der Waals surface area contributed by atoms with E-state index in [0.29, 0.717) is 17.9 Å². The van der Waals surface area contributed by atoms with Crippen LogP contribution in [0.1, 0.15) is 24.9 Å². The van der Waals surface area contributed by atoms with E-state index >= 15 is 0 Å². The van der Waals surface area contributed by atoms with Gasteiger partial charge in [-0.05, 0) is 13.8 Å². The average Bonchev–Trinajstić information content (AvgIpc) is 2.10. The van der Waals surface area contributed by atoms with Gasteiger partial charge in [0.05, 0.1) is 5.69 Å². The van der Waals surface area contributed by atoms with Gasteiger partial charge in [-0.2, -0.15) is 0 Å². The van der Waals surface area contributed by atoms with Gasteiger partial charge in [0.15, 0.2) is 10.9 Å². The van der Waals surface area contributed by atoms with Crippen LogP contribution in [0.25, 0.3) is 0 Å². The topological polar surface area (TPSA) is 52.1 Å². The number of ether oxygens (including phenoxy) is 1. The molecular weight excluding hydrogens is 204 g/mol. The normalized spacial score (nSPS) is 10.0. The van der Waals surface area contributed by atoms with Crippen molar-refractivity contribution in [1.29, 1.82) is 0 Å². The van der Waals surface area contributed by atoms with E-state index in [2.05, 4.69) is 9.97 Å². The molecule has 1 aromatic rings. The number of aromatic nitrogens is 2. The van der Waals surface area contributed by atoms with Crippen LogP contribution in [0.15, 0.2) is 0 Å². The van der Waals surface area contributed by atoms with E-state index in [0.717, 1.165) is 0 Å². The van der Waals surface area contributed by atoms with Gasteiger partial charge in [0.25, 0.3) is 0 Å². The second-order valence-electron chi connectivity index (χ2n) is 2.80. The highest BCUT2D eigenvalue weighted by Gasteiger charge is 2.12. The summed E-state index contributed by atoms with van der Waals surface area (Å²) in [5.41, 5.74) is 0.573. The van der Waals surface area contributed by atoms with E-state index in [1.165, 1.54) is 0 Å². The van der Waals surface area contributed by atoms with E-state index in [4.69, 9.17) is 16.3 Å². The summed E-state index contributed by atoms with van der Waals surface area (Å²) in [6.45, 7) is 5.16. The molecule has 1 rings (SSSR count). The van der Waals surface area contributed by atoms with Crippen molar-refractivity contribution in [3.05, 3.63) is 16.7 Å². The SMILES string of the molecule is CCC(=O)Oc1c(C)nc(C)nc1Cl. The third-order valence-corrected chi connectivity index (χ3v) is 1.87. The highest BCUT2D eigenvalue weighted by atomic mass is 35.5. The molecule has 0 spiro atoms. The van der Waals surface area contributed by atoms with Crippen LogP contribution in [0.3, 0.4) is 0 Å². The molecule has 76 valence electrons. The van der Waals surface area contributed by atoms with Crippen LogP contribution < -0.4 is 4.74 Å². The lowest BCUT2D eigenvalue weighted by atomic mass is 10.4. The van der Waals surface area contributed by atoms with Crippen molar-refractivity contribution in [1.82, 2.24) is 9.97 Å². The second kappa shape index (κ2) is 4.37. The van der Waals surface area contributed by atoms with Gasteiger partial charge in [-0.15, -0.1) is 0 Å². The Kier molecular flexibility index (Phi) is 3.41. The van der Waals surface area contributed by atoms with E-state index in [1.54, 1.807) is 20.8 Å². The monoisotopic (exact) mass is 214 g/mol. The minimum absolute atomic E-state index is 0.178. The molecule has 0 atom stereocenters. The summed E-state index contributed by atoms with van der Waals surface area (Å²) in [4.78, 5) is 19.0. The Balaban J connectivity index is 3.02. The first kappa shape index (κ1) is 10.9. The molecular formula is C9H11ClN2O2. The van der Waals surface area contributed by atoms with E-state index in [9.17, 15) is 4.79 Å². The lowest BCUT2D eigenvalue weighted by Crippen LogP contribution is -2.09. The van der Waals surface area contributed by atoms with Crippen LogP contribution in [0.5, 0.6) is 5.75 Å². The molecule has 0 saturated carbocycles. The van der Waals surface area contributed by atoms with Crippen LogP contribution in [0, 0.1) is 13.8 Å². The van der Waals surface area contributed by atoms with Crippen molar-refractivity contribution in [2.45, 2.75) is 27.2 Å². The molecule has 4 nitrogen and oxygen atoms in total. The molecule has 0 bridgehead atoms. The maximum Gasteiger partial charge on any atom is 0.311 e. The highest BCUT2D eigenvalue weighted by Crippen LogP contribution is 2.25. The van der Waals surface area contributed by atoms with Gasteiger partial charge in [-0.25, -0.2) is 9.97 Å². The molecule has 0 aliphatic rings. The Hall–Kier alpha value is -1.16. The second-order valence-corrected chi connectivity index (χ2v) is 3.16. The minimum atomic E-state index is -0.345. The molecule has 0 aliphatic heterocycles. The Morgan fingerprint density at radius 1 is 1.43 bits per heavy atom. The molecule has 0 radical (unpaired) electrons. The van der Waals surface area contributed by atoms with Crippen molar-refractivity contribution >= 4 is 17.6 Å². The standard InChI is InChI=1S/C9H11ClN2O2/c1-4-7(13)14-8-5(2)11-6(3)12-9(8)10/h4H2,1-3H3. The predicted octanol–water partition coefficient (Wildman–Crippen LogP) is 2.06. The predicted molar refractivity (Wildman–Crippen MR) is 52.4 cm³/mol. The van der Waals surface area contributed by atoms with Gasteiger partial charge in [0.2, 0.25) is 0 Å². The van der Waals surface area contributed by atoms with Crippen LogP contribution >= 0.6 is 11.6 Å². The number of aryl methyl sites for hydroxylation is 2. The zero-order chi connectivity index (χ0) is 10.7. The van der Waals surface area contributed by atoms with Crippen LogP contribution in [-0.4, -0.2) is 15.9 Å². The minimum Gasteiger partial charge on any atom is -0.421 e. The third-order valence-electron chi connectivity index (χ3n) is 1.61. The molecule has 0 unspecified atom stereocenters. The lowest BCUT2D eigenvalue weighted by Gasteiger charge is -2.07. The van der Waals surface area contributed by atoms with Crippen LogP contribution in [0.4, 0.5) is 0 Å². The number of rotatable bonds is 2. The molecule has 0 N–H and O–H groups in total. The van der Waals surface area contributed by atoms with Gasteiger partial charge in [0.1, 0.15) is 5.82 Å². The third kappa shape index (κ3) is 2.42. The molecule has 14 heavy (non-hydrogen) atoms. The Bertz CT molecular complexity index is 343. The number of carbonyl (C=O) groups is 1. The summed E-state index contributed by atoms with van der Waals surface area (Å²) in [6.07, 6.45) is 0.295. The summed E-state index contributed by atoms with van der Waals surface area (Å²) < 4.78 is 4.98. The number of hydrogen-bond donors (Lipinski definition) is 0. The van der Waals surface area contributed by atoms with Crippen molar-refractivity contribution in [2.75, 3.05) is 0 Å². The fraction of sp³-hybridized carbons (Fsp3) is 0.444.